The molecule has 0 radical (unpaired) electrons. The van der Waals surface area contributed by atoms with Crippen LogP contribution < -0.4 is 42.9 Å². The number of urea groups is 1. The highest BCUT2D eigenvalue weighted by Gasteiger charge is 2.46. The van der Waals surface area contributed by atoms with Crippen LogP contribution in [-0.4, -0.2) is 115 Å². The van der Waals surface area contributed by atoms with Crippen molar-refractivity contribution in [1.29, 1.82) is 0 Å². The Morgan fingerprint density at radius 2 is 1.70 bits per heavy atom. The Morgan fingerprint density at radius 3 is 2.45 bits per heavy atom. The quantitative estimate of drug-likeness (QED) is 0.0183. The standard InChI is InChI=1S/C47H59N10O7PS/c1-2-24-49-27-34-40(59)41(60)45(64-34)57-43-39(42(48)51-29-52-43)54-46(57)56-44(32-20-10-11-21-35(32)65(62,30-16-6-3-7-17-30)31-18-8-4-9-19-31)63-26-15-5-14-25-50-37(58)23-13-12-22-36-38-33(28-66-36)53-47(61)55-38/h3-4,6-11,16-21,29,33-34,36,38,40-41,45,49,59-60H,2,5,12-15,22-28H2,1H3,(H,50,58)(H2,48,51,52)(H2,53,55,61)/t33-,34-,36+,38-,40?,41+,45-/m1/s1. The summed E-state index contributed by atoms with van der Waals surface area (Å²) < 4.78 is 30.3. The van der Waals surface area contributed by atoms with Gasteiger partial charge in [0.25, 0.3) is 0 Å². The van der Waals surface area contributed by atoms with Crippen LogP contribution in [-0.2, 0) is 18.8 Å². The number of aromatic nitrogens is 4. The number of nitrogens with zero attached hydrogens (tertiary/aromatic N) is 5. The van der Waals surface area contributed by atoms with E-state index in [0.717, 1.165) is 44.3 Å². The topological polar surface area (TPSA) is 240 Å². The number of nitrogen functional groups attached to an aromatic ring is 1. The molecule has 0 bridgehead atoms. The van der Waals surface area contributed by atoms with E-state index >= 15 is 4.57 Å². The van der Waals surface area contributed by atoms with Crippen molar-refractivity contribution in [2.24, 2.45) is 4.99 Å². The molecule has 3 amide bonds. The summed E-state index contributed by atoms with van der Waals surface area (Å²) in [4.78, 5) is 42.8. The number of anilines is 1. The molecule has 0 saturated carbocycles. The molecule has 3 aliphatic rings. The number of aliphatic imine (C=N–C) groups is 1. The number of unbranched alkanes of at least 4 members (excludes halogenated alkanes) is 3. The van der Waals surface area contributed by atoms with Crippen LogP contribution in [0.4, 0.5) is 16.6 Å². The van der Waals surface area contributed by atoms with Crippen molar-refractivity contribution in [3.05, 3.63) is 96.8 Å². The zero-order chi connectivity index (χ0) is 46.0. The van der Waals surface area contributed by atoms with Crippen LogP contribution in [0.25, 0.3) is 11.2 Å². The Labute approximate surface area is 388 Å². The van der Waals surface area contributed by atoms with Crippen LogP contribution in [0.3, 0.4) is 0 Å². The minimum absolute atomic E-state index is 0.0193. The molecule has 8 rings (SSSR count). The van der Waals surface area contributed by atoms with E-state index in [0.29, 0.717) is 59.2 Å². The van der Waals surface area contributed by atoms with Gasteiger partial charge in [0.15, 0.2) is 30.4 Å². The second-order valence-corrected chi connectivity index (χ2v) is 20.8. The lowest BCUT2D eigenvalue weighted by atomic mass is 10.0. The van der Waals surface area contributed by atoms with Crippen molar-refractivity contribution in [2.75, 3.05) is 37.7 Å². The highest BCUT2D eigenvalue weighted by Crippen LogP contribution is 2.44. The number of hydrogen-bond donors (Lipinski definition) is 7. The van der Waals surface area contributed by atoms with Crippen LogP contribution in [0.15, 0.2) is 96.2 Å². The molecule has 2 aromatic heterocycles. The maximum Gasteiger partial charge on any atom is 0.315 e. The molecular weight excluding hydrogens is 880 g/mol. The molecule has 8 N–H and O–H groups in total. The average molecular weight is 939 g/mol. The third-order valence-corrected chi connectivity index (χ3v) is 16.9. The van der Waals surface area contributed by atoms with E-state index < -0.39 is 31.7 Å². The van der Waals surface area contributed by atoms with E-state index in [9.17, 15) is 19.8 Å². The van der Waals surface area contributed by atoms with Gasteiger partial charge in [0.2, 0.25) is 17.8 Å². The predicted molar refractivity (Wildman–Crippen MR) is 258 cm³/mol. The van der Waals surface area contributed by atoms with Crippen molar-refractivity contribution < 1.29 is 33.8 Å². The molecule has 66 heavy (non-hydrogen) atoms. The van der Waals surface area contributed by atoms with Gasteiger partial charge in [0.1, 0.15) is 24.6 Å². The lowest BCUT2D eigenvalue weighted by Crippen LogP contribution is -2.37. The fourth-order valence-electron chi connectivity index (χ4n) is 8.82. The highest BCUT2D eigenvalue weighted by molar-refractivity contribution is 8.00. The first-order valence-corrected chi connectivity index (χ1v) is 25.6. The minimum Gasteiger partial charge on any atom is -0.477 e. The van der Waals surface area contributed by atoms with Gasteiger partial charge >= 0.3 is 6.03 Å². The van der Waals surface area contributed by atoms with Crippen molar-refractivity contribution in [2.45, 2.75) is 100 Å². The number of rotatable bonds is 21. The highest BCUT2D eigenvalue weighted by atomic mass is 32.2. The summed E-state index contributed by atoms with van der Waals surface area (Å²) in [5.41, 5.74) is 7.25. The Bertz CT molecular complexity index is 2470. The molecule has 3 aromatic carbocycles. The van der Waals surface area contributed by atoms with Gasteiger partial charge in [-0.25, -0.2) is 19.7 Å². The Kier molecular flexibility index (Phi) is 15.7. The lowest BCUT2D eigenvalue weighted by molar-refractivity contribution is -0.121. The van der Waals surface area contributed by atoms with Crippen molar-refractivity contribution >= 4 is 75.6 Å². The zero-order valence-electron chi connectivity index (χ0n) is 37.0. The number of amides is 3. The summed E-state index contributed by atoms with van der Waals surface area (Å²) in [6, 6.07) is 26.2. The summed E-state index contributed by atoms with van der Waals surface area (Å²) in [5.74, 6) is 1.15. The van der Waals surface area contributed by atoms with Crippen LogP contribution in [0.5, 0.6) is 0 Å². The lowest BCUT2D eigenvalue weighted by Gasteiger charge is -2.23. The summed E-state index contributed by atoms with van der Waals surface area (Å²) in [5, 5.41) is 37.1. The van der Waals surface area contributed by atoms with Gasteiger partial charge in [-0.3, -0.25) is 9.36 Å². The Balaban J connectivity index is 1.02. The van der Waals surface area contributed by atoms with E-state index in [1.807, 2.05) is 104 Å². The van der Waals surface area contributed by atoms with Gasteiger partial charge in [-0.15, -0.1) is 0 Å². The fourth-order valence-corrected chi connectivity index (χ4v) is 13.2. The number of thioether (sulfide) groups is 1. The van der Waals surface area contributed by atoms with Crippen molar-refractivity contribution in [3.63, 3.8) is 0 Å². The van der Waals surface area contributed by atoms with Crippen LogP contribution >= 0.6 is 18.9 Å². The van der Waals surface area contributed by atoms with Gasteiger partial charge in [-0.1, -0.05) is 92.2 Å². The van der Waals surface area contributed by atoms with E-state index in [2.05, 4.69) is 31.2 Å². The first-order valence-electron chi connectivity index (χ1n) is 22.9. The summed E-state index contributed by atoms with van der Waals surface area (Å²) in [6.07, 6.45) is 2.83. The maximum absolute atomic E-state index is 15.9. The number of carbonyl (C=O) groups is 2. The molecule has 1 unspecified atom stereocenters. The zero-order valence-corrected chi connectivity index (χ0v) is 38.7. The average Bonchev–Trinajstić information content (AvgIpc) is 4.08. The first kappa shape index (κ1) is 47.1. The van der Waals surface area contributed by atoms with Crippen LogP contribution in [0, 0.1) is 0 Å². The number of ether oxygens (including phenoxy) is 2. The normalized spacial score (nSPS) is 22.9. The molecule has 3 saturated heterocycles. The van der Waals surface area contributed by atoms with Gasteiger partial charge in [0.05, 0.1) is 18.7 Å². The second-order valence-electron chi connectivity index (χ2n) is 16.8. The van der Waals surface area contributed by atoms with Gasteiger partial charge in [-0.2, -0.15) is 16.8 Å². The number of imidazole rings is 1. The fraction of sp³-hybridized carbons (Fsp3) is 0.447. The van der Waals surface area contributed by atoms with Crippen LogP contribution in [0.1, 0.15) is 70.1 Å². The molecule has 350 valence electrons. The summed E-state index contributed by atoms with van der Waals surface area (Å²) in [7, 11) is -3.56. The van der Waals surface area contributed by atoms with E-state index in [4.69, 9.17) is 25.2 Å². The molecule has 5 heterocycles. The minimum atomic E-state index is -3.56. The predicted octanol–water partition coefficient (Wildman–Crippen LogP) is 3.77. The summed E-state index contributed by atoms with van der Waals surface area (Å²) >= 11 is 1.88. The molecule has 19 heteroatoms. The van der Waals surface area contributed by atoms with E-state index in [-0.39, 0.29) is 59.5 Å². The molecule has 3 fully saturated rings. The number of nitrogens with two attached hydrogens (primary N) is 1. The third-order valence-electron chi connectivity index (χ3n) is 12.2. The molecule has 5 aromatic rings. The van der Waals surface area contributed by atoms with Gasteiger partial charge < -0.3 is 51.3 Å². The molecule has 0 aliphatic carbocycles. The number of benzene rings is 3. The second kappa shape index (κ2) is 22.0. The van der Waals surface area contributed by atoms with Gasteiger partial charge in [-0.05, 0) is 51.1 Å². The van der Waals surface area contributed by atoms with Crippen molar-refractivity contribution in [3.8, 4) is 0 Å². The Hall–Kier alpha value is -5.36. The number of fused-ring (bicyclic) bond motifs is 2. The molecular formula is C47H59N10O7PS. The summed E-state index contributed by atoms with van der Waals surface area (Å²) in [6.45, 7) is 3.77. The van der Waals surface area contributed by atoms with Crippen LogP contribution in [0.2, 0.25) is 0 Å². The Morgan fingerprint density at radius 1 is 0.955 bits per heavy atom. The SMILES string of the molecule is CCCNC[C@H]1O[C@@H](n2c(N=C(OCCCCCNC(=O)CCCC[C@@H]3SC[C@H]4NC(=O)N[C@@H]34)c3ccccc3P(=O)(c3ccccc3)c3ccccc3)nc3c(N)ncnc32)[C@@H](O)C1O. The number of aliphatic hydroxyl groups excluding tert-OH is 2. The number of nitrogens with one attached hydrogen (secondary N) is 4. The maximum atomic E-state index is 15.9. The van der Waals surface area contributed by atoms with Crippen molar-refractivity contribution in [1.82, 2.24) is 40.8 Å². The third kappa shape index (κ3) is 10.4. The number of hydrogen-bond acceptors (Lipinski definition) is 14. The molecule has 3 aliphatic heterocycles. The molecule has 17 nitrogen and oxygen atoms in total. The smallest absolute Gasteiger partial charge is 0.315 e. The van der Waals surface area contributed by atoms with Gasteiger partial charge in [0, 0.05) is 52.0 Å². The van der Waals surface area contributed by atoms with E-state index in [1.165, 1.54) is 10.9 Å². The monoisotopic (exact) mass is 938 g/mol. The van der Waals surface area contributed by atoms with E-state index in [1.54, 1.807) is 0 Å². The largest absolute Gasteiger partial charge is 0.477 e. The number of carbonyl (C=O) groups excluding carboxylic acids is 2. The first-order chi connectivity index (χ1) is 32.2. The number of aliphatic hydroxyl groups is 2. The molecule has 7 atom stereocenters. The molecule has 0 spiro atoms.